The van der Waals surface area contributed by atoms with Crippen molar-refractivity contribution in [2.24, 2.45) is 0 Å². The molecule has 0 bridgehead atoms. The fourth-order valence-corrected chi connectivity index (χ4v) is 2.91. The summed E-state index contributed by atoms with van der Waals surface area (Å²) in [6, 6.07) is 12.1. The molecule has 3 aromatic rings. The molecule has 0 spiro atoms. The first-order chi connectivity index (χ1) is 11.5. The van der Waals surface area contributed by atoms with E-state index in [4.69, 9.17) is 16.0 Å². The van der Waals surface area contributed by atoms with E-state index in [9.17, 15) is 9.59 Å². The number of carbonyl (C=O) groups excluding carboxylic acids is 1. The van der Waals surface area contributed by atoms with Crippen molar-refractivity contribution in [3.05, 3.63) is 80.2 Å². The Kier molecular flexibility index (Phi) is 4.40. The zero-order valence-electron chi connectivity index (χ0n) is 13.4. The fraction of sp³-hybridized carbons (Fsp3) is 0.158. The topological polar surface area (TPSA) is 59.3 Å². The largest absolute Gasteiger partial charge is 0.423 e. The molecule has 5 heteroatoms. The number of carbonyl (C=O) groups is 1. The molecule has 1 aromatic heterocycles. The zero-order chi connectivity index (χ0) is 17.3. The lowest BCUT2D eigenvalue weighted by Gasteiger charge is -2.12. The highest BCUT2D eigenvalue weighted by Crippen LogP contribution is 2.30. The van der Waals surface area contributed by atoms with Crippen LogP contribution in [0.4, 0.5) is 0 Å². The number of hydrogen-bond acceptors (Lipinski definition) is 3. The number of nitrogens with one attached hydrogen (secondary N) is 1. The summed E-state index contributed by atoms with van der Waals surface area (Å²) < 4.78 is 5.28. The van der Waals surface area contributed by atoms with Gasteiger partial charge in [-0.05, 0) is 48.7 Å². The molecule has 0 atom stereocenters. The Bertz CT molecular complexity index is 977. The van der Waals surface area contributed by atoms with E-state index < -0.39 is 5.63 Å². The van der Waals surface area contributed by atoms with Crippen molar-refractivity contribution >= 4 is 28.5 Å². The van der Waals surface area contributed by atoms with Gasteiger partial charge in [-0.2, -0.15) is 0 Å². The van der Waals surface area contributed by atoms with Crippen LogP contribution in [0, 0.1) is 13.8 Å². The maximum atomic E-state index is 12.2. The Morgan fingerprint density at radius 1 is 1.17 bits per heavy atom. The van der Waals surface area contributed by atoms with Crippen LogP contribution in [0.5, 0.6) is 0 Å². The molecule has 1 amide bonds. The van der Waals surface area contributed by atoms with Crippen molar-refractivity contribution in [2.45, 2.75) is 20.4 Å². The Labute approximate surface area is 144 Å². The van der Waals surface area contributed by atoms with Gasteiger partial charge in [0, 0.05) is 28.6 Å². The van der Waals surface area contributed by atoms with Crippen molar-refractivity contribution in [1.82, 2.24) is 5.32 Å². The molecule has 4 nitrogen and oxygen atoms in total. The van der Waals surface area contributed by atoms with Gasteiger partial charge < -0.3 is 9.73 Å². The molecule has 122 valence electrons. The number of benzene rings is 2. The molecule has 24 heavy (non-hydrogen) atoms. The van der Waals surface area contributed by atoms with Crippen LogP contribution in [-0.4, -0.2) is 5.91 Å². The van der Waals surface area contributed by atoms with E-state index in [0.717, 1.165) is 16.5 Å². The zero-order valence-corrected chi connectivity index (χ0v) is 14.1. The van der Waals surface area contributed by atoms with Crippen LogP contribution in [0.15, 0.2) is 51.7 Å². The van der Waals surface area contributed by atoms with Gasteiger partial charge >= 0.3 is 5.63 Å². The molecule has 0 aliphatic heterocycles. The first-order valence-electron chi connectivity index (χ1n) is 7.53. The molecule has 1 heterocycles. The molecule has 0 saturated heterocycles. The minimum Gasteiger partial charge on any atom is -0.423 e. The van der Waals surface area contributed by atoms with E-state index in [2.05, 4.69) is 5.32 Å². The average Bonchev–Trinajstić information content (AvgIpc) is 2.57. The smallest absolute Gasteiger partial charge is 0.336 e. The van der Waals surface area contributed by atoms with E-state index in [0.29, 0.717) is 21.7 Å². The van der Waals surface area contributed by atoms with Crippen LogP contribution < -0.4 is 10.9 Å². The summed E-state index contributed by atoms with van der Waals surface area (Å²) in [6.45, 7) is 3.95. The van der Waals surface area contributed by atoms with Gasteiger partial charge in [0.25, 0.3) is 5.91 Å². The molecule has 3 rings (SSSR count). The lowest BCUT2D eigenvalue weighted by Crippen LogP contribution is -2.23. The van der Waals surface area contributed by atoms with Crippen molar-refractivity contribution in [3.63, 3.8) is 0 Å². The summed E-state index contributed by atoms with van der Waals surface area (Å²) in [7, 11) is 0. The van der Waals surface area contributed by atoms with Gasteiger partial charge in [0.2, 0.25) is 0 Å². The second-order valence-corrected chi connectivity index (χ2v) is 6.02. The average molecular weight is 342 g/mol. The molecular formula is C19H16ClNO3. The van der Waals surface area contributed by atoms with Crippen LogP contribution in [-0.2, 0) is 6.54 Å². The summed E-state index contributed by atoms with van der Waals surface area (Å²) in [5.41, 5.74) is 2.95. The second kappa shape index (κ2) is 6.49. The lowest BCUT2D eigenvalue weighted by molar-refractivity contribution is 0.0951. The minimum absolute atomic E-state index is 0.201. The number of hydrogen-bond donors (Lipinski definition) is 1. The third-order valence-corrected chi connectivity index (χ3v) is 4.53. The Morgan fingerprint density at radius 3 is 2.58 bits per heavy atom. The monoisotopic (exact) mass is 341 g/mol. The second-order valence-electron chi connectivity index (χ2n) is 5.64. The molecule has 0 fully saturated rings. The van der Waals surface area contributed by atoms with Crippen LogP contribution >= 0.6 is 11.6 Å². The van der Waals surface area contributed by atoms with Crippen molar-refractivity contribution in [3.8, 4) is 0 Å². The highest BCUT2D eigenvalue weighted by atomic mass is 35.5. The van der Waals surface area contributed by atoms with Crippen LogP contribution in [0.3, 0.4) is 0 Å². The number of fused-ring (bicyclic) bond motifs is 1. The highest BCUT2D eigenvalue weighted by Gasteiger charge is 2.14. The van der Waals surface area contributed by atoms with E-state index in [1.165, 1.54) is 6.07 Å². The molecule has 0 aliphatic rings. The molecule has 0 unspecified atom stereocenters. The minimum atomic E-state index is -0.451. The number of aryl methyl sites for hydroxylation is 2. The quantitative estimate of drug-likeness (QED) is 0.733. The van der Waals surface area contributed by atoms with Gasteiger partial charge in [-0.3, -0.25) is 4.79 Å². The van der Waals surface area contributed by atoms with Gasteiger partial charge in [-0.15, -0.1) is 0 Å². The third kappa shape index (κ3) is 3.05. The summed E-state index contributed by atoms with van der Waals surface area (Å²) >= 11 is 6.32. The molecule has 0 saturated carbocycles. The molecule has 1 N–H and O–H groups in total. The van der Waals surface area contributed by atoms with E-state index in [1.54, 1.807) is 30.3 Å². The first-order valence-corrected chi connectivity index (χ1v) is 7.91. The van der Waals surface area contributed by atoms with Gasteiger partial charge in [-0.25, -0.2) is 4.79 Å². The van der Waals surface area contributed by atoms with Gasteiger partial charge in [0.15, 0.2) is 0 Å². The number of halogens is 1. The van der Waals surface area contributed by atoms with Crippen LogP contribution in [0.2, 0.25) is 5.02 Å². The van der Waals surface area contributed by atoms with Crippen molar-refractivity contribution < 1.29 is 9.21 Å². The Morgan fingerprint density at radius 2 is 1.88 bits per heavy atom. The highest BCUT2D eigenvalue weighted by molar-refractivity contribution is 6.33. The normalized spacial score (nSPS) is 10.8. The van der Waals surface area contributed by atoms with E-state index >= 15 is 0 Å². The van der Waals surface area contributed by atoms with Gasteiger partial charge in [0.1, 0.15) is 5.58 Å². The van der Waals surface area contributed by atoms with E-state index in [1.807, 2.05) is 19.9 Å². The van der Waals surface area contributed by atoms with Gasteiger partial charge in [0.05, 0.1) is 0 Å². The van der Waals surface area contributed by atoms with Crippen LogP contribution in [0.25, 0.3) is 11.0 Å². The molecule has 2 aromatic carbocycles. The molecular weight excluding hydrogens is 326 g/mol. The van der Waals surface area contributed by atoms with Crippen LogP contribution in [0.1, 0.15) is 27.0 Å². The van der Waals surface area contributed by atoms with Gasteiger partial charge in [-0.1, -0.05) is 29.8 Å². The predicted molar refractivity (Wildman–Crippen MR) is 94.6 cm³/mol. The summed E-state index contributed by atoms with van der Waals surface area (Å²) in [4.78, 5) is 24.0. The fourth-order valence-electron chi connectivity index (χ4n) is 2.76. The predicted octanol–water partition coefficient (Wildman–Crippen LogP) is 3.99. The maximum absolute atomic E-state index is 12.2. The van der Waals surface area contributed by atoms with Crippen molar-refractivity contribution in [1.29, 1.82) is 0 Å². The molecule has 0 aliphatic carbocycles. The number of rotatable bonds is 3. The summed E-state index contributed by atoms with van der Waals surface area (Å²) in [5, 5.41) is 4.23. The Balaban J connectivity index is 1.99. The number of amides is 1. The summed E-state index contributed by atoms with van der Waals surface area (Å²) in [6.07, 6.45) is 0. The maximum Gasteiger partial charge on any atom is 0.336 e. The Hall–Kier alpha value is -2.59. The summed E-state index contributed by atoms with van der Waals surface area (Å²) in [5.74, 6) is -0.201. The lowest BCUT2D eigenvalue weighted by atomic mass is 10.0. The van der Waals surface area contributed by atoms with E-state index in [-0.39, 0.29) is 12.5 Å². The SMILES string of the molecule is Cc1cc2oc(=O)cc(CNC(=O)c3ccccc3)c2c(C)c1Cl. The third-order valence-electron chi connectivity index (χ3n) is 3.94. The molecule has 0 radical (unpaired) electrons. The standard InChI is InChI=1S/C19H16ClNO3/c1-11-8-15-17(12(2)18(11)20)14(9-16(22)24-15)10-21-19(23)13-6-4-3-5-7-13/h3-9H,10H2,1-2H3,(H,21,23). The first kappa shape index (κ1) is 16.3. The van der Waals surface area contributed by atoms with Crippen molar-refractivity contribution in [2.75, 3.05) is 0 Å².